The monoisotopic (exact) mass is 634 g/mol. The maximum Gasteiger partial charge on any atom is 0.335 e. The van der Waals surface area contributed by atoms with Crippen molar-refractivity contribution in [3.05, 3.63) is 127 Å². The van der Waals surface area contributed by atoms with E-state index in [0.29, 0.717) is 32.1 Å². The van der Waals surface area contributed by atoms with Gasteiger partial charge in [-0.15, -0.1) is 0 Å². The lowest BCUT2D eigenvalue weighted by Crippen LogP contribution is -2.54. The molecule has 1 fully saturated rings. The third-order valence-electron chi connectivity index (χ3n) is 6.55. The van der Waals surface area contributed by atoms with Gasteiger partial charge in [0.25, 0.3) is 11.8 Å². The van der Waals surface area contributed by atoms with Crippen molar-refractivity contribution in [2.24, 2.45) is 0 Å². The number of benzene rings is 4. The van der Waals surface area contributed by atoms with Crippen LogP contribution in [0.25, 0.3) is 6.08 Å². The number of carbonyl (C=O) groups is 3. The maximum absolute atomic E-state index is 13.5. The van der Waals surface area contributed by atoms with E-state index in [1.807, 2.05) is 26.0 Å². The molecule has 4 aromatic rings. The number of rotatable bonds is 8. The van der Waals surface area contributed by atoms with Crippen LogP contribution in [0, 0.1) is 13.8 Å². The summed E-state index contributed by atoms with van der Waals surface area (Å²) < 4.78 is 11.9. The fourth-order valence-electron chi connectivity index (χ4n) is 4.62. The van der Waals surface area contributed by atoms with Crippen LogP contribution in [0.5, 0.6) is 11.5 Å². The molecular weight excluding hydrogens is 611 g/mol. The van der Waals surface area contributed by atoms with Gasteiger partial charge >= 0.3 is 6.03 Å². The summed E-state index contributed by atoms with van der Waals surface area (Å²) in [5.74, 6) is -0.722. The molecule has 4 aromatic carbocycles. The van der Waals surface area contributed by atoms with Gasteiger partial charge in [0.05, 0.1) is 5.69 Å². The lowest BCUT2D eigenvalue weighted by Gasteiger charge is -2.26. The normalized spacial score (nSPS) is 14.2. The Morgan fingerprint density at radius 3 is 2.14 bits per heavy atom. The van der Waals surface area contributed by atoms with Crippen molar-refractivity contribution in [3.63, 3.8) is 0 Å². The molecule has 0 radical (unpaired) electrons. The van der Waals surface area contributed by atoms with Crippen LogP contribution in [0.4, 0.5) is 10.5 Å². The standard InChI is InChI=1S/C33H25Cl3N2O5/c1-19-11-20(2)13-21(12-19)17-43-30-10-5-24(34)14-23(30)15-28-31(39)37-33(41)38(32(28)40)26-6-8-27(9-7-26)42-18-22-3-4-25(35)16-29(22)36/h3-16H,17-18H2,1-2H3,(H,37,39,41)/b28-15+. The van der Waals surface area contributed by atoms with E-state index >= 15 is 0 Å². The molecule has 1 N–H and O–H groups in total. The van der Waals surface area contributed by atoms with Gasteiger partial charge in [-0.05, 0) is 80.1 Å². The summed E-state index contributed by atoms with van der Waals surface area (Å²) in [6.07, 6.45) is 1.37. The molecule has 1 heterocycles. The molecule has 0 atom stereocenters. The number of nitrogens with zero attached hydrogens (tertiary/aromatic N) is 1. The van der Waals surface area contributed by atoms with E-state index in [-0.39, 0.29) is 24.5 Å². The first-order valence-corrected chi connectivity index (χ1v) is 14.3. The van der Waals surface area contributed by atoms with E-state index in [4.69, 9.17) is 44.3 Å². The Labute approximate surface area is 263 Å². The fraction of sp³-hybridized carbons (Fsp3) is 0.121. The molecule has 10 heteroatoms. The second-order valence-electron chi connectivity index (χ2n) is 9.94. The fourth-order valence-corrected chi connectivity index (χ4v) is 5.26. The van der Waals surface area contributed by atoms with Crippen molar-refractivity contribution in [1.29, 1.82) is 0 Å². The zero-order valence-corrected chi connectivity index (χ0v) is 25.4. The number of anilines is 1. The number of nitrogens with one attached hydrogen (secondary N) is 1. The summed E-state index contributed by atoms with van der Waals surface area (Å²) in [4.78, 5) is 40.0. The highest BCUT2D eigenvalue weighted by atomic mass is 35.5. The minimum Gasteiger partial charge on any atom is -0.489 e. The zero-order chi connectivity index (χ0) is 30.7. The van der Waals surface area contributed by atoms with Crippen LogP contribution in [-0.4, -0.2) is 17.8 Å². The number of urea groups is 1. The molecule has 0 aromatic heterocycles. The van der Waals surface area contributed by atoms with Crippen molar-refractivity contribution >= 4 is 64.4 Å². The van der Waals surface area contributed by atoms with Crippen LogP contribution in [0.1, 0.15) is 27.8 Å². The summed E-state index contributed by atoms with van der Waals surface area (Å²) in [6, 6.07) is 21.6. The SMILES string of the molecule is Cc1cc(C)cc(COc2ccc(Cl)cc2/C=C2\C(=O)NC(=O)N(c3ccc(OCc4ccc(Cl)cc4Cl)cc3)C2=O)c1. The van der Waals surface area contributed by atoms with Gasteiger partial charge in [0, 0.05) is 26.2 Å². The molecule has 0 spiro atoms. The highest BCUT2D eigenvalue weighted by molar-refractivity contribution is 6.39. The summed E-state index contributed by atoms with van der Waals surface area (Å²) in [5, 5.41) is 3.61. The van der Waals surface area contributed by atoms with Gasteiger partial charge in [-0.1, -0.05) is 70.2 Å². The van der Waals surface area contributed by atoms with Gasteiger partial charge in [0.15, 0.2) is 0 Å². The molecule has 7 nitrogen and oxygen atoms in total. The van der Waals surface area contributed by atoms with Crippen LogP contribution in [0.3, 0.4) is 0 Å². The van der Waals surface area contributed by atoms with E-state index in [1.165, 1.54) is 6.08 Å². The molecule has 5 rings (SSSR count). The Morgan fingerprint density at radius 1 is 0.767 bits per heavy atom. The predicted octanol–water partition coefficient (Wildman–Crippen LogP) is 8.09. The van der Waals surface area contributed by atoms with Crippen molar-refractivity contribution in [3.8, 4) is 11.5 Å². The molecule has 1 aliphatic rings. The molecule has 0 bridgehead atoms. The minimum atomic E-state index is -0.869. The third kappa shape index (κ3) is 7.20. The first-order chi connectivity index (χ1) is 20.6. The van der Waals surface area contributed by atoms with Gasteiger partial charge < -0.3 is 9.47 Å². The number of imide groups is 2. The highest BCUT2D eigenvalue weighted by Gasteiger charge is 2.37. The van der Waals surface area contributed by atoms with Crippen molar-refractivity contribution in [1.82, 2.24) is 5.32 Å². The second kappa shape index (κ2) is 12.9. The summed E-state index contributed by atoms with van der Waals surface area (Å²) in [6.45, 7) is 4.47. The predicted molar refractivity (Wildman–Crippen MR) is 168 cm³/mol. The van der Waals surface area contributed by atoms with Gasteiger partial charge in [0.2, 0.25) is 0 Å². The first kappa shape index (κ1) is 30.2. The Kier molecular flexibility index (Phi) is 9.06. The molecule has 0 unspecified atom stereocenters. The van der Waals surface area contributed by atoms with E-state index in [0.717, 1.165) is 27.2 Å². The van der Waals surface area contributed by atoms with E-state index < -0.39 is 17.8 Å². The summed E-state index contributed by atoms with van der Waals surface area (Å²) in [7, 11) is 0. The number of hydrogen-bond donors (Lipinski definition) is 1. The van der Waals surface area contributed by atoms with Crippen molar-refractivity contribution in [2.45, 2.75) is 27.1 Å². The quantitative estimate of drug-likeness (QED) is 0.156. The maximum atomic E-state index is 13.5. The lowest BCUT2D eigenvalue weighted by molar-refractivity contribution is -0.122. The van der Waals surface area contributed by atoms with Crippen molar-refractivity contribution in [2.75, 3.05) is 4.90 Å². The number of halogens is 3. The average molecular weight is 636 g/mol. The lowest BCUT2D eigenvalue weighted by atomic mass is 10.1. The first-order valence-electron chi connectivity index (χ1n) is 13.1. The summed E-state index contributed by atoms with van der Waals surface area (Å²) in [5.41, 5.74) is 4.33. The molecule has 4 amide bonds. The number of carbonyl (C=O) groups excluding carboxylic acids is 3. The molecule has 0 aliphatic carbocycles. The van der Waals surface area contributed by atoms with Crippen LogP contribution in [0.15, 0.2) is 84.4 Å². The number of aryl methyl sites for hydroxylation is 2. The minimum absolute atomic E-state index is 0.188. The smallest absolute Gasteiger partial charge is 0.335 e. The molecular formula is C33H25Cl3N2O5. The Balaban J connectivity index is 1.36. The van der Waals surface area contributed by atoms with Crippen LogP contribution < -0.4 is 19.7 Å². The molecule has 0 saturated carbocycles. The second-order valence-corrected chi connectivity index (χ2v) is 11.2. The Bertz CT molecular complexity index is 1750. The van der Waals surface area contributed by atoms with Gasteiger partial charge in [-0.2, -0.15) is 0 Å². The van der Waals surface area contributed by atoms with E-state index in [1.54, 1.807) is 60.7 Å². The number of ether oxygens (including phenoxy) is 2. The van der Waals surface area contributed by atoms with Gasteiger partial charge in [0.1, 0.15) is 30.3 Å². The molecule has 218 valence electrons. The number of amides is 4. The molecule has 1 saturated heterocycles. The Morgan fingerprint density at radius 2 is 1.44 bits per heavy atom. The highest BCUT2D eigenvalue weighted by Crippen LogP contribution is 2.30. The topological polar surface area (TPSA) is 84.9 Å². The largest absolute Gasteiger partial charge is 0.489 e. The van der Waals surface area contributed by atoms with E-state index in [9.17, 15) is 14.4 Å². The molecule has 43 heavy (non-hydrogen) atoms. The number of barbiturate groups is 1. The van der Waals surface area contributed by atoms with E-state index in [2.05, 4.69) is 11.4 Å². The van der Waals surface area contributed by atoms with Crippen LogP contribution in [0.2, 0.25) is 15.1 Å². The van der Waals surface area contributed by atoms with Crippen LogP contribution >= 0.6 is 34.8 Å². The van der Waals surface area contributed by atoms with Gasteiger partial charge in [-0.3, -0.25) is 14.9 Å². The number of hydrogen-bond acceptors (Lipinski definition) is 5. The summed E-state index contributed by atoms with van der Waals surface area (Å²) >= 11 is 18.4. The van der Waals surface area contributed by atoms with Crippen LogP contribution in [-0.2, 0) is 22.8 Å². The average Bonchev–Trinajstić information content (AvgIpc) is 2.94. The zero-order valence-electron chi connectivity index (χ0n) is 23.1. The molecule has 1 aliphatic heterocycles. The third-order valence-corrected chi connectivity index (χ3v) is 7.38. The van der Waals surface area contributed by atoms with Gasteiger partial charge in [-0.25, -0.2) is 9.69 Å². The van der Waals surface area contributed by atoms with Crippen molar-refractivity contribution < 1.29 is 23.9 Å². The Hall–Kier alpha value is -4.30.